The van der Waals surface area contributed by atoms with Crippen molar-refractivity contribution in [2.75, 3.05) is 13.2 Å². The van der Waals surface area contributed by atoms with Crippen LogP contribution in [-0.4, -0.2) is 75.0 Å². The van der Waals surface area contributed by atoms with Crippen LogP contribution in [0, 0.1) is 0 Å². The molecule has 164 valence electrons. The second kappa shape index (κ2) is 11.4. The minimum atomic E-state index is -2.02. The van der Waals surface area contributed by atoms with Crippen LogP contribution in [0.1, 0.15) is 37.7 Å². The smallest absolute Gasteiger partial charge is 0.407 e. The Morgan fingerprint density at radius 3 is 2.45 bits per heavy atom. The van der Waals surface area contributed by atoms with Gasteiger partial charge in [-0.05, 0) is 18.4 Å². The Balaban J connectivity index is 1.57. The second-order valence-electron chi connectivity index (χ2n) is 7.26. The summed E-state index contributed by atoms with van der Waals surface area (Å²) in [5.41, 5.74) is 0.911. The average molecular weight is 413 g/mol. The fourth-order valence-corrected chi connectivity index (χ4v) is 3.25. The number of benzene rings is 1. The third kappa shape index (κ3) is 6.91. The average Bonchev–Trinajstić information content (AvgIpc) is 2.73. The molecule has 1 fully saturated rings. The van der Waals surface area contributed by atoms with Gasteiger partial charge in [-0.15, -0.1) is 0 Å². The highest BCUT2D eigenvalue weighted by atomic mass is 16.7. The molecule has 9 heteroatoms. The highest BCUT2D eigenvalue weighted by Gasteiger charge is 2.51. The first-order valence-electron chi connectivity index (χ1n) is 9.87. The van der Waals surface area contributed by atoms with Crippen LogP contribution >= 0.6 is 0 Å². The molecule has 1 aliphatic rings. The van der Waals surface area contributed by atoms with Gasteiger partial charge in [-0.2, -0.15) is 0 Å². The molecule has 0 bridgehead atoms. The lowest BCUT2D eigenvalue weighted by Crippen LogP contribution is -2.65. The molecule has 1 amide bonds. The number of carbonyl (C=O) groups is 1. The van der Waals surface area contributed by atoms with E-state index < -0.39 is 42.9 Å². The van der Waals surface area contributed by atoms with Crippen molar-refractivity contribution in [1.82, 2.24) is 5.32 Å². The minimum Gasteiger partial charge on any atom is -0.445 e. The Bertz CT molecular complexity index is 614. The zero-order valence-corrected chi connectivity index (χ0v) is 16.3. The third-order valence-corrected chi connectivity index (χ3v) is 5.00. The number of hydrogen-bond donors (Lipinski definition) is 6. The fourth-order valence-electron chi connectivity index (χ4n) is 3.25. The molecule has 2 rings (SSSR count). The summed E-state index contributed by atoms with van der Waals surface area (Å²) in [5, 5.41) is 51.8. The minimum absolute atomic E-state index is 0.0427. The van der Waals surface area contributed by atoms with E-state index in [2.05, 4.69) is 5.32 Å². The molecule has 6 N–H and O–H groups in total. The van der Waals surface area contributed by atoms with Gasteiger partial charge in [0.1, 0.15) is 31.0 Å². The topological polar surface area (TPSA) is 149 Å². The molecular weight excluding hydrogens is 382 g/mol. The first-order chi connectivity index (χ1) is 13.9. The lowest BCUT2D eigenvalue weighted by Gasteiger charge is -2.45. The Labute approximate surface area is 169 Å². The van der Waals surface area contributed by atoms with E-state index in [1.165, 1.54) is 0 Å². The van der Waals surface area contributed by atoms with Crippen molar-refractivity contribution in [3.63, 3.8) is 0 Å². The lowest BCUT2D eigenvalue weighted by atomic mass is 9.89. The summed E-state index contributed by atoms with van der Waals surface area (Å²) in [4.78, 5) is 11.6. The van der Waals surface area contributed by atoms with E-state index in [0.717, 1.165) is 12.0 Å². The number of carbonyl (C=O) groups excluding carboxylic acids is 1. The number of amides is 1. The molecule has 1 saturated heterocycles. The Morgan fingerprint density at radius 1 is 1.07 bits per heavy atom. The van der Waals surface area contributed by atoms with Gasteiger partial charge in [0.25, 0.3) is 0 Å². The maximum atomic E-state index is 11.6. The molecule has 0 spiro atoms. The lowest BCUT2D eigenvalue weighted by molar-refractivity contribution is -0.351. The molecule has 0 aliphatic carbocycles. The van der Waals surface area contributed by atoms with E-state index >= 15 is 0 Å². The van der Waals surface area contributed by atoms with Crippen LogP contribution in [0.15, 0.2) is 30.3 Å². The monoisotopic (exact) mass is 413 g/mol. The van der Waals surface area contributed by atoms with Gasteiger partial charge in [-0.3, -0.25) is 0 Å². The summed E-state index contributed by atoms with van der Waals surface area (Å²) in [6.07, 6.45) is -3.67. The Morgan fingerprint density at radius 2 is 1.76 bits per heavy atom. The first kappa shape index (κ1) is 23.5. The molecule has 1 aromatic rings. The van der Waals surface area contributed by atoms with Gasteiger partial charge in [-0.25, -0.2) is 4.79 Å². The van der Waals surface area contributed by atoms with Gasteiger partial charge in [0, 0.05) is 13.0 Å². The summed E-state index contributed by atoms with van der Waals surface area (Å²) in [6.45, 7) is 0.0801. The van der Waals surface area contributed by atoms with Gasteiger partial charge in [-0.1, -0.05) is 43.2 Å². The standard InChI is InChI=1S/C20H31NO8/c22-12-15-16(23)17(24)18(25)20(27,29-15)10-6-1-2-7-11-21-19(26)28-13-14-8-4-3-5-9-14/h3-5,8-9,15-18,22-25,27H,1-2,6-7,10-13H2,(H,21,26)/t15-,16-,17+,18-,20-/m1/s1. The Kier molecular flexibility index (Phi) is 9.28. The maximum absolute atomic E-state index is 11.6. The Hall–Kier alpha value is -1.75. The van der Waals surface area contributed by atoms with E-state index in [1.807, 2.05) is 30.3 Å². The van der Waals surface area contributed by atoms with Crippen LogP contribution in [0.2, 0.25) is 0 Å². The number of alkyl carbamates (subject to hydrolysis) is 1. The fraction of sp³-hybridized carbons (Fsp3) is 0.650. The molecule has 5 atom stereocenters. The third-order valence-electron chi connectivity index (χ3n) is 5.00. The van der Waals surface area contributed by atoms with E-state index in [9.17, 15) is 30.3 Å². The number of aliphatic hydroxyl groups excluding tert-OH is 4. The van der Waals surface area contributed by atoms with Gasteiger partial charge in [0.05, 0.1) is 6.61 Å². The molecule has 1 aromatic carbocycles. The van der Waals surface area contributed by atoms with Crippen molar-refractivity contribution in [2.45, 2.75) is 68.9 Å². The predicted octanol–water partition coefficient (Wildman–Crippen LogP) is 0.0257. The molecule has 0 unspecified atom stereocenters. The van der Waals surface area contributed by atoms with Crippen LogP contribution in [-0.2, 0) is 16.1 Å². The number of ether oxygens (including phenoxy) is 2. The van der Waals surface area contributed by atoms with Crippen LogP contribution in [0.5, 0.6) is 0 Å². The summed E-state index contributed by atoms with van der Waals surface area (Å²) < 4.78 is 10.3. The van der Waals surface area contributed by atoms with Crippen molar-refractivity contribution in [2.24, 2.45) is 0 Å². The summed E-state index contributed by atoms with van der Waals surface area (Å²) >= 11 is 0. The largest absolute Gasteiger partial charge is 0.445 e. The van der Waals surface area contributed by atoms with Crippen molar-refractivity contribution in [3.8, 4) is 0 Å². The van der Waals surface area contributed by atoms with E-state index in [-0.39, 0.29) is 13.0 Å². The second-order valence-corrected chi connectivity index (χ2v) is 7.26. The molecule has 0 radical (unpaired) electrons. The predicted molar refractivity (Wildman–Crippen MR) is 103 cm³/mol. The van der Waals surface area contributed by atoms with Crippen LogP contribution in [0.4, 0.5) is 4.79 Å². The maximum Gasteiger partial charge on any atom is 0.407 e. The zero-order chi connectivity index (χ0) is 21.3. The SMILES string of the molecule is O=C(NCCCCCC[C@@]1(O)O[C@H](CO)[C@@H](O)[C@H](O)[C@H]1O)OCc1ccccc1. The number of nitrogens with one attached hydrogen (secondary N) is 1. The summed E-state index contributed by atoms with van der Waals surface area (Å²) in [5.74, 6) is -2.02. The molecule has 0 saturated carbocycles. The van der Waals surface area contributed by atoms with Crippen LogP contribution < -0.4 is 5.32 Å². The number of unbranched alkanes of at least 4 members (excludes halogenated alkanes) is 3. The molecule has 1 aliphatic heterocycles. The van der Waals surface area contributed by atoms with Gasteiger partial charge >= 0.3 is 6.09 Å². The molecule has 1 heterocycles. The highest BCUT2D eigenvalue weighted by molar-refractivity contribution is 5.67. The molecule has 9 nitrogen and oxygen atoms in total. The number of rotatable bonds is 10. The van der Waals surface area contributed by atoms with E-state index in [4.69, 9.17) is 9.47 Å². The summed E-state index contributed by atoms with van der Waals surface area (Å²) in [7, 11) is 0. The van der Waals surface area contributed by atoms with E-state index in [1.54, 1.807) is 0 Å². The molecule has 29 heavy (non-hydrogen) atoms. The van der Waals surface area contributed by atoms with Crippen LogP contribution in [0.3, 0.4) is 0 Å². The highest BCUT2D eigenvalue weighted by Crippen LogP contribution is 2.32. The van der Waals surface area contributed by atoms with Gasteiger partial charge in [0.15, 0.2) is 5.79 Å². The van der Waals surface area contributed by atoms with Crippen molar-refractivity contribution in [1.29, 1.82) is 0 Å². The first-order valence-corrected chi connectivity index (χ1v) is 9.87. The van der Waals surface area contributed by atoms with Crippen molar-refractivity contribution >= 4 is 6.09 Å². The van der Waals surface area contributed by atoms with Crippen molar-refractivity contribution in [3.05, 3.63) is 35.9 Å². The van der Waals surface area contributed by atoms with Crippen molar-refractivity contribution < 1.29 is 39.8 Å². The number of aliphatic hydroxyl groups is 5. The normalized spacial score (nSPS) is 29.4. The molecular formula is C20H31NO8. The molecule has 0 aromatic heterocycles. The van der Waals surface area contributed by atoms with Crippen LogP contribution in [0.25, 0.3) is 0 Å². The summed E-state index contributed by atoms with van der Waals surface area (Å²) in [6, 6.07) is 9.38. The van der Waals surface area contributed by atoms with E-state index in [0.29, 0.717) is 25.8 Å². The zero-order valence-electron chi connectivity index (χ0n) is 16.3. The number of hydrogen-bond acceptors (Lipinski definition) is 8. The van der Waals surface area contributed by atoms with Gasteiger partial charge in [0.2, 0.25) is 0 Å². The van der Waals surface area contributed by atoms with Gasteiger partial charge < -0.3 is 40.3 Å². The quantitative estimate of drug-likeness (QED) is 0.294.